The molecular weight excluding hydrogens is 447 g/mol. The van der Waals surface area contributed by atoms with Gasteiger partial charge in [0.25, 0.3) is 0 Å². The summed E-state index contributed by atoms with van der Waals surface area (Å²) in [5.74, 6) is 0.0304. The fraction of sp³-hybridized carbons (Fsp3) is 0.240. The van der Waals surface area contributed by atoms with E-state index in [1.165, 1.54) is 18.3 Å². The molecule has 0 aliphatic carbocycles. The number of hydrogen-bond donors (Lipinski definition) is 2. The summed E-state index contributed by atoms with van der Waals surface area (Å²) in [7, 11) is 0. The number of nitrogens with two attached hydrogens (primary N) is 1. The van der Waals surface area contributed by atoms with E-state index < -0.39 is 6.04 Å². The van der Waals surface area contributed by atoms with E-state index in [1.807, 2.05) is 25.1 Å². The SMILES string of the molecule is CC(Nc1nc(N)ncc1C#N)c1nc2ccc(F)cc2c(N2CCOCC2)c1-c1ccccn1. The molecule has 1 fully saturated rings. The summed E-state index contributed by atoms with van der Waals surface area (Å²) in [6.45, 7) is 4.35. The molecule has 35 heavy (non-hydrogen) atoms. The molecule has 1 saturated heterocycles. The predicted octanol–water partition coefficient (Wildman–Crippen LogP) is 3.69. The lowest BCUT2D eigenvalue weighted by atomic mass is 9.97. The van der Waals surface area contributed by atoms with Crippen molar-refractivity contribution in [3.05, 3.63) is 65.9 Å². The van der Waals surface area contributed by atoms with Crippen LogP contribution in [0.25, 0.3) is 22.2 Å². The highest BCUT2D eigenvalue weighted by atomic mass is 19.1. The number of nitrogen functional groups attached to an aromatic ring is 1. The van der Waals surface area contributed by atoms with Gasteiger partial charge in [-0.05, 0) is 37.3 Å². The number of rotatable bonds is 5. The number of nitriles is 1. The highest BCUT2D eigenvalue weighted by molar-refractivity contribution is 6.01. The van der Waals surface area contributed by atoms with Crippen molar-refractivity contribution in [3.8, 4) is 17.3 Å². The van der Waals surface area contributed by atoms with Gasteiger partial charge in [-0.25, -0.2) is 14.4 Å². The van der Waals surface area contributed by atoms with E-state index in [0.29, 0.717) is 54.4 Å². The van der Waals surface area contributed by atoms with Crippen LogP contribution in [0.4, 0.5) is 21.8 Å². The molecule has 3 N–H and O–H groups in total. The first-order chi connectivity index (χ1) is 17.0. The fourth-order valence-corrected chi connectivity index (χ4v) is 4.29. The first-order valence-corrected chi connectivity index (χ1v) is 11.2. The molecule has 1 atom stereocenters. The second-order valence-corrected chi connectivity index (χ2v) is 8.16. The van der Waals surface area contributed by atoms with Crippen LogP contribution in [0.2, 0.25) is 0 Å². The number of fused-ring (bicyclic) bond motifs is 1. The van der Waals surface area contributed by atoms with Crippen molar-refractivity contribution in [1.29, 1.82) is 5.26 Å². The van der Waals surface area contributed by atoms with Gasteiger partial charge in [-0.15, -0.1) is 0 Å². The summed E-state index contributed by atoms with van der Waals surface area (Å²) in [6, 6.07) is 11.9. The molecule has 0 saturated carbocycles. The van der Waals surface area contributed by atoms with Gasteiger partial charge in [0.1, 0.15) is 23.3 Å². The van der Waals surface area contributed by atoms with Crippen molar-refractivity contribution in [2.75, 3.05) is 42.3 Å². The van der Waals surface area contributed by atoms with Crippen molar-refractivity contribution in [3.63, 3.8) is 0 Å². The number of halogens is 1. The Morgan fingerprint density at radius 3 is 2.74 bits per heavy atom. The molecule has 1 aromatic carbocycles. The maximum Gasteiger partial charge on any atom is 0.222 e. The van der Waals surface area contributed by atoms with E-state index in [4.69, 9.17) is 15.5 Å². The van der Waals surface area contributed by atoms with E-state index in [2.05, 4.69) is 31.2 Å². The largest absolute Gasteiger partial charge is 0.378 e. The van der Waals surface area contributed by atoms with Crippen LogP contribution in [0.3, 0.4) is 0 Å². The smallest absolute Gasteiger partial charge is 0.222 e. The molecule has 176 valence electrons. The fourth-order valence-electron chi connectivity index (χ4n) is 4.29. The minimum atomic E-state index is -0.400. The third-order valence-corrected chi connectivity index (χ3v) is 5.89. The van der Waals surface area contributed by atoms with Crippen LogP contribution in [0.5, 0.6) is 0 Å². The lowest BCUT2D eigenvalue weighted by Gasteiger charge is -2.33. The second kappa shape index (κ2) is 9.48. The Balaban J connectivity index is 1.75. The summed E-state index contributed by atoms with van der Waals surface area (Å²) in [6.07, 6.45) is 3.10. The number of hydrogen-bond acceptors (Lipinski definition) is 9. The minimum absolute atomic E-state index is 0.0552. The number of anilines is 3. The molecule has 9 nitrogen and oxygen atoms in total. The van der Waals surface area contributed by atoms with Crippen molar-refractivity contribution < 1.29 is 9.13 Å². The van der Waals surface area contributed by atoms with Gasteiger partial charge >= 0.3 is 0 Å². The summed E-state index contributed by atoms with van der Waals surface area (Å²) in [5.41, 5.74) is 9.72. The van der Waals surface area contributed by atoms with Crippen LogP contribution in [0, 0.1) is 17.1 Å². The number of benzene rings is 1. The molecule has 0 radical (unpaired) electrons. The van der Waals surface area contributed by atoms with Crippen LogP contribution < -0.4 is 16.0 Å². The van der Waals surface area contributed by atoms with Gasteiger partial charge in [0, 0.05) is 30.2 Å². The normalized spacial score (nSPS) is 14.5. The Labute approximate surface area is 201 Å². The van der Waals surface area contributed by atoms with Gasteiger partial charge in [-0.3, -0.25) is 4.98 Å². The number of aromatic nitrogens is 4. The van der Waals surface area contributed by atoms with Crippen LogP contribution in [0.15, 0.2) is 48.8 Å². The average molecular weight is 471 g/mol. The topological polar surface area (TPSA) is 126 Å². The van der Waals surface area contributed by atoms with Gasteiger partial charge < -0.3 is 20.7 Å². The van der Waals surface area contributed by atoms with Crippen molar-refractivity contribution in [2.24, 2.45) is 0 Å². The van der Waals surface area contributed by atoms with Crippen LogP contribution in [-0.2, 0) is 4.74 Å². The summed E-state index contributed by atoms with van der Waals surface area (Å²) in [4.78, 5) is 19.9. The Morgan fingerprint density at radius 1 is 1.17 bits per heavy atom. The van der Waals surface area contributed by atoms with Gasteiger partial charge in [0.05, 0.1) is 48.0 Å². The molecule has 0 bridgehead atoms. The van der Waals surface area contributed by atoms with Crippen molar-refractivity contribution >= 4 is 28.4 Å². The molecule has 0 spiro atoms. The predicted molar refractivity (Wildman–Crippen MR) is 131 cm³/mol. The van der Waals surface area contributed by atoms with E-state index >= 15 is 0 Å². The molecule has 5 rings (SSSR count). The van der Waals surface area contributed by atoms with E-state index in [0.717, 1.165) is 11.3 Å². The third-order valence-electron chi connectivity index (χ3n) is 5.89. The van der Waals surface area contributed by atoms with Crippen LogP contribution in [0.1, 0.15) is 24.2 Å². The first-order valence-electron chi connectivity index (χ1n) is 11.2. The quantitative estimate of drug-likeness (QED) is 0.449. The van der Waals surface area contributed by atoms with Crippen LogP contribution >= 0.6 is 0 Å². The standard InChI is InChI=1S/C25H23FN8O/c1-15(31-24-16(13-27)14-30-25(28)33-24)22-21(20-4-2-3-7-29-20)23(34-8-10-35-11-9-34)18-12-17(26)5-6-19(18)32-22/h2-7,12,14-15H,8-11H2,1H3,(H3,28,30,31,33). The number of morpholine rings is 1. The highest BCUT2D eigenvalue weighted by Gasteiger charge is 2.27. The van der Waals surface area contributed by atoms with Gasteiger partial charge in [-0.1, -0.05) is 6.07 Å². The molecule has 0 amide bonds. The summed E-state index contributed by atoms with van der Waals surface area (Å²) < 4.78 is 20.0. The van der Waals surface area contributed by atoms with E-state index in [9.17, 15) is 9.65 Å². The number of nitrogens with zero attached hydrogens (tertiary/aromatic N) is 6. The van der Waals surface area contributed by atoms with Gasteiger partial charge in [0.15, 0.2) is 0 Å². The highest BCUT2D eigenvalue weighted by Crippen LogP contribution is 2.41. The molecular formula is C25H23FN8O. The van der Waals surface area contributed by atoms with Gasteiger partial charge in [-0.2, -0.15) is 10.2 Å². The zero-order chi connectivity index (χ0) is 24.4. The monoisotopic (exact) mass is 470 g/mol. The minimum Gasteiger partial charge on any atom is -0.378 e. The van der Waals surface area contributed by atoms with Gasteiger partial charge in [0.2, 0.25) is 5.95 Å². The summed E-state index contributed by atoms with van der Waals surface area (Å²) in [5, 5.41) is 13.5. The molecule has 10 heteroatoms. The van der Waals surface area contributed by atoms with Crippen LogP contribution in [-0.4, -0.2) is 46.2 Å². The third kappa shape index (κ3) is 4.41. The molecule has 1 unspecified atom stereocenters. The number of ether oxygens (including phenoxy) is 1. The van der Waals surface area contributed by atoms with Crippen molar-refractivity contribution in [1.82, 2.24) is 19.9 Å². The zero-order valence-corrected chi connectivity index (χ0v) is 19.1. The number of nitrogens with one attached hydrogen (secondary N) is 1. The molecule has 1 aliphatic rings. The maximum absolute atomic E-state index is 14.4. The second-order valence-electron chi connectivity index (χ2n) is 8.16. The lowest BCUT2D eigenvalue weighted by molar-refractivity contribution is 0.123. The molecule has 3 aromatic heterocycles. The Bertz CT molecular complexity index is 1420. The lowest BCUT2D eigenvalue weighted by Crippen LogP contribution is -2.37. The van der Waals surface area contributed by atoms with E-state index in [1.54, 1.807) is 12.3 Å². The molecule has 4 aromatic rings. The molecule has 1 aliphatic heterocycles. The van der Waals surface area contributed by atoms with E-state index in [-0.39, 0.29) is 17.3 Å². The Hall–Kier alpha value is -4.36. The Kier molecular flexibility index (Phi) is 6.08. The Morgan fingerprint density at radius 2 is 2.00 bits per heavy atom. The van der Waals surface area contributed by atoms with Crippen molar-refractivity contribution in [2.45, 2.75) is 13.0 Å². The first kappa shape index (κ1) is 22.4. The zero-order valence-electron chi connectivity index (χ0n) is 19.1. The summed E-state index contributed by atoms with van der Waals surface area (Å²) >= 11 is 0. The number of pyridine rings is 2. The molecule has 4 heterocycles. The average Bonchev–Trinajstić information content (AvgIpc) is 2.88. The maximum atomic E-state index is 14.4.